The maximum atomic E-state index is 3.42. The first-order valence-electron chi connectivity index (χ1n) is 6.83. The molecule has 1 nitrogen and oxygen atoms in total. The van der Waals surface area contributed by atoms with Crippen LogP contribution in [-0.2, 0) is 0 Å². The van der Waals surface area contributed by atoms with Gasteiger partial charge in [0.1, 0.15) is 0 Å². The minimum atomic E-state index is 0.536. The van der Waals surface area contributed by atoms with Crippen LogP contribution in [0.4, 0.5) is 0 Å². The van der Waals surface area contributed by atoms with E-state index in [0.717, 1.165) is 6.54 Å². The number of rotatable bonds is 10. The largest absolute Gasteiger partial charge is 0.317 e. The third-order valence-electron chi connectivity index (χ3n) is 3.19. The van der Waals surface area contributed by atoms with Crippen molar-refractivity contribution in [3.63, 3.8) is 0 Å². The van der Waals surface area contributed by atoms with E-state index >= 15 is 0 Å². The molecular weight excluding hydrogens is 182 g/mol. The molecule has 0 heterocycles. The molecule has 0 saturated carbocycles. The average molecular weight is 213 g/mol. The van der Waals surface area contributed by atoms with Crippen molar-refractivity contribution in [1.29, 1.82) is 0 Å². The molecule has 0 aromatic rings. The maximum Gasteiger partial charge on any atom is -0.00439 e. The van der Waals surface area contributed by atoms with Crippen molar-refractivity contribution in [3.8, 4) is 0 Å². The monoisotopic (exact) mass is 213 g/mol. The molecule has 1 heteroatoms. The maximum absolute atomic E-state index is 3.42. The van der Waals surface area contributed by atoms with Crippen molar-refractivity contribution < 1.29 is 0 Å². The van der Waals surface area contributed by atoms with Crippen LogP contribution in [0, 0.1) is 5.41 Å². The molecular formula is C14H31N. The average Bonchev–Trinajstić information content (AvgIpc) is 2.17. The summed E-state index contributed by atoms with van der Waals surface area (Å²) in [4.78, 5) is 0. The van der Waals surface area contributed by atoms with Crippen molar-refractivity contribution in [1.82, 2.24) is 5.32 Å². The number of nitrogens with one attached hydrogen (secondary N) is 1. The van der Waals surface area contributed by atoms with Gasteiger partial charge in [0.05, 0.1) is 0 Å². The van der Waals surface area contributed by atoms with Gasteiger partial charge in [-0.05, 0) is 31.3 Å². The predicted molar refractivity (Wildman–Crippen MR) is 70.3 cm³/mol. The molecule has 0 spiro atoms. The Hall–Kier alpha value is -0.0400. The fraction of sp³-hybridized carbons (Fsp3) is 1.00. The normalized spacial score (nSPS) is 12.0. The van der Waals surface area contributed by atoms with Gasteiger partial charge in [0.25, 0.3) is 0 Å². The molecule has 92 valence electrons. The Balaban J connectivity index is 3.38. The lowest BCUT2D eigenvalue weighted by atomic mass is 9.83. The minimum Gasteiger partial charge on any atom is -0.317 e. The fourth-order valence-corrected chi connectivity index (χ4v) is 1.94. The van der Waals surface area contributed by atoms with E-state index in [-0.39, 0.29) is 0 Å². The molecule has 0 bridgehead atoms. The van der Waals surface area contributed by atoms with E-state index in [0.29, 0.717) is 5.41 Å². The molecule has 0 rings (SSSR count). The second-order valence-electron chi connectivity index (χ2n) is 5.43. The number of hydrogen-bond acceptors (Lipinski definition) is 1. The Morgan fingerprint density at radius 3 is 2.13 bits per heavy atom. The molecule has 0 aromatic carbocycles. The summed E-state index contributed by atoms with van der Waals surface area (Å²) >= 11 is 0. The minimum absolute atomic E-state index is 0.536. The van der Waals surface area contributed by atoms with E-state index in [1.54, 1.807) is 0 Å². The van der Waals surface area contributed by atoms with Crippen molar-refractivity contribution in [3.05, 3.63) is 0 Å². The molecule has 0 atom stereocenters. The predicted octanol–water partition coefficient (Wildman–Crippen LogP) is 4.37. The summed E-state index contributed by atoms with van der Waals surface area (Å²) in [6.45, 7) is 11.6. The summed E-state index contributed by atoms with van der Waals surface area (Å²) in [6.07, 6.45) is 9.75. The van der Waals surface area contributed by atoms with Gasteiger partial charge in [-0.2, -0.15) is 0 Å². The van der Waals surface area contributed by atoms with Gasteiger partial charge in [-0.3, -0.25) is 0 Å². The lowest BCUT2D eigenvalue weighted by Crippen LogP contribution is -2.22. The van der Waals surface area contributed by atoms with Crippen LogP contribution >= 0.6 is 0 Å². The van der Waals surface area contributed by atoms with E-state index in [1.165, 1.54) is 51.5 Å². The third-order valence-corrected chi connectivity index (χ3v) is 3.19. The van der Waals surface area contributed by atoms with E-state index in [1.807, 2.05) is 0 Å². The highest BCUT2D eigenvalue weighted by Crippen LogP contribution is 2.27. The first kappa shape index (κ1) is 15.0. The second-order valence-corrected chi connectivity index (χ2v) is 5.43. The SMILES string of the molecule is CCCCCCCC(C)(C)CCNCC. The van der Waals surface area contributed by atoms with Crippen LogP contribution in [0.3, 0.4) is 0 Å². The zero-order chi connectivity index (χ0) is 11.6. The molecule has 0 aliphatic rings. The fourth-order valence-electron chi connectivity index (χ4n) is 1.94. The second kappa shape index (κ2) is 9.21. The van der Waals surface area contributed by atoms with Crippen molar-refractivity contribution in [2.24, 2.45) is 5.41 Å². The summed E-state index contributed by atoms with van der Waals surface area (Å²) in [5.74, 6) is 0. The molecule has 0 unspecified atom stereocenters. The standard InChI is InChI=1S/C14H31N/c1-5-7-8-9-10-11-14(3,4)12-13-15-6-2/h15H,5-13H2,1-4H3. The number of unbranched alkanes of at least 4 members (excludes halogenated alkanes) is 4. The molecule has 0 amide bonds. The van der Waals surface area contributed by atoms with E-state index in [4.69, 9.17) is 0 Å². The molecule has 0 saturated heterocycles. The van der Waals surface area contributed by atoms with Crippen LogP contribution in [0.15, 0.2) is 0 Å². The van der Waals surface area contributed by atoms with Crippen molar-refractivity contribution >= 4 is 0 Å². The quantitative estimate of drug-likeness (QED) is 0.531. The molecule has 0 aromatic heterocycles. The van der Waals surface area contributed by atoms with Gasteiger partial charge in [-0.15, -0.1) is 0 Å². The lowest BCUT2D eigenvalue weighted by Gasteiger charge is -2.24. The zero-order valence-electron chi connectivity index (χ0n) is 11.4. The molecule has 0 aliphatic heterocycles. The molecule has 0 fully saturated rings. The highest BCUT2D eigenvalue weighted by Gasteiger charge is 2.16. The Labute approximate surface area is 97.0 Å². The first-order chi connectivity index (χ1) is 7.12. The third kappa shape index (κ3) is 10.2. The Kier molecular flexibility index (Phi) is 9.18. The van der Waals surface area contributed by atoms with Gasteiger partial charge >= 0.3 is 0 Å². The van der Waals surface area contributed by atoms with E-state index in [2.05, 4.69) is 33.0 Å². The topological polar surface area (TPSA) is 12.0 Å². The molecule has 0 radical (unpaired) electrons. The van der Waals surface area contributed by atoms with Crippen molar-refractivity contribution in [2.75, 3.05) is 13.1 Å². The van der Waals surface area contributed by atoms with Gasteiger partial charge in [0.2, 0.25) is 0 Å². The van der Waals surface area contributed by atoms with Gasteiger partial charge in [0, 0.05) is 0 Å². The van der Waals surface area contributed by atoms with E-state index in [9.17, 15) is 0 Å². The summed E-state index contributed by atoms with van der Waals surface area (Å²) in [6, 6.07) is 0. The summed E-state index contributed by atoms with van der Waals surface area (Å²) in [7, 11) is 0. The highest BCUT2D eigenvalue weighted by atomic mass is 14.8. The summed E-state index contributed by atoms with van der Waals surface area (Å²) in [5, 5.41) is 3.42. The van der Waals surface area contributed by atoms with Crippen LogP contribution in [0.25, 0.3) is 0 Å². The van der Waals surface area contributed by atoms with Crippen LogP contribution in [0.1, 0.15) is 72.6 Å². The van der Waals surface area contributed by atoms with Crippen molar-refractivity contribution in [2.45, 2.75) is 72.6 Å². The zero-order valence-corrected chi connectivity index (χ0v) is 11.4. The highest BCUT2D eigenvalue weighted by molar-refractivity contribution is 4.69. The van der Waals surface area contributed by atoms with E-state index < -0.39 is 0 Å². The lowest BCUT2D eigenvalue weighted by molar-refractivity contribution is 0.290. The van der Waals surface area contributed by atoms with Gasteiger partial charge < -0.3 is 5.32 Å². The summed E-state index contributed by atoms with van der Waals surface area (Å²) < 4.78 is 0. The molecule has 0 aliphatic carbocycles. The summed E-state index contributed by atoms with van der Waals surface area (Å²) in [5.41, 5.74) is 0.536. The van der Waals surface area contributed by atoms with Gasteiger partial charge in [-0.1, -0.05) is 59.8 Å². The molecule has 15 heavy (non-hydrogen) atoms. The molecule has 1 N–H and O–H groups in total. The van der Waals surface area contributed by atoms with Crippen LogP contribution in [0.2, 0.25) is 0 Å². The van der Waals surface area contributed by atoms with Gasteiger partial charge in [0.15, 0.2) is 0 Å². The van der Waals surface area contributed by atoms with Crippen LogP contribution in [0.5, 0.6) is 0 Å². The number of hydrogen-bond donors (Lipinski definition) is 1. The van der Waals surface area contributed by atoms with Crippen LogP contribution in [-0.4, -0.2) is 13.1 Å². The van der Waals surface area contributed by atoms with Crippen LogP contribution < -0.4 is 5.32 Å². The Morgan fingerprint density at radius 2 is 1.53 bits per heavy atom. The smallest absolute Gasteiger partial charge is 0.00439 e. The Morgan fingerprint density at radius 1 is 0.867 bits per heavy atom. The first-order valence-corrected chi connectivity index (χ1v) is 6.83. The van der Waals surface area contributed by atoms with Gasteiger partial charge in [-0.25, -0.2) is 0 Å². The Bertz CT molecular complexity index is 129.